The van der Waals surface area contributed by atoms with Gasteiger partial charge in [-0.1, -0.05) is 12.1 Å². The van der Waals surface area contributed by atoms with Gasteiger partial charge in [-0.2, -0.15) is 0 Å². The fraction of sp³-hybridized carbons (Fsp3) is 0.579. The van der Waals surface area contributed by atoms with Crippen LogP contribution in [0.25, 0.3) is 0 Å². The van der Waals surface area contributed by atoms with Gasteiger partial charge in [0.05, 0.1) is 18.2 Å². The van der Waals surface area contributed by atoms with Gasteiger partial charge in [-0.3, -0.25) is 9.59 Å². The van der Waals surface area contributed by atoms with Crippen molar-refractivity contribution < 1.29 is 24.2 Å². The molecule has 2 rings (SSSR count). The highest BCUT2D eigenvalue weighted by molar-refractivity contribution is 5.94. The Hall–Kier alpha value is -1.96. The number of aliphatic hydroxyl groups is 1. The Labute approximate surface area is 153 Å². The lowest BCUT2D eigenvalue weighted by molar-refractivity contribution is -0.129. The number of hydrogen-bond acceptors (Lipinski definition) is 5. The molecule has 0 spiro atoms. The van der Waals surface area contributed by atoms with Crippen molar-refractivity contribution in [3.8, 4) is 0 Å². The zero-order chi connectivity index (χ0) is 19.2. The summed E-state index contributed by atoms with van der Waals surface area (Å²) >= 11 is 0. The quantitative estimate of drug-likeness (QED) is 0.631. The zero-order valence-corrected chi connectivity index (χ0v) is 15.4. The lowest BCUT2D eigenvalue weighted by Crippen LogP contribution is -2.50. The summed E-state index contributed by atoms with van der Waals surface area (Å²) in [6.07, 6.45) is 1.61. The molecule has 0 unspecified atom stereocenters. The van der Waals surface area contributed by atoms with Gasteiger partial charge in [0.2, 0.25) is 5.91 Å². The Morgan fingerprint density at radius 1 is 1.35 bits per heavy atom. The molecule has 0 bridgehead atoms. The Kier molecular flexibility index (Phi) is 7.14. The molecule has 0 saturated carbocycles. The monoisotopic (exact) mass is 364 g/mol. The molecule has 0 aliphatic carbocycles. The van der Waals surface area contributed by atoms with Crippen molar-refractivity contribution in [2.24, 2.45) is 5.73 Å². The Bertz CT molecular complexity index is 609. The van der Waals surface area contributed by atoms with E-state index in [1.807, 2.05) is 12.1 Å². The summed E-state index contributed by atoms with van der Waals surface area (Å²) in [5, 5.41) is 12.7. The normalized spacial score (nSPS) is 20.6. The second kappa shape index (κ2) is 9.12. The number of amides is 2. The highest BCUT2D eigenvalue weighted by Crippen LogP contribution is 2.15. The van der Waals surface area contributed by atoms with E-state index in [0.29, 0.717) is 31.6 Å². The smallest absolute Gasteiger partial charge is 0.251 e. The van der Waals surface area contributed by atoms with Gasteiger partial charge in [-0.25, -0.2) is 0 Å². The van der Waals surface area contributed by atoms with E-state index in [1.165, 1.54) is 0 Å². The SMILES string of the molecule is CC(C)(O)CCc1ccc(C(=O)N[C@@H]2CCOC[C@H]2OCC(N)=O)cc1. The van der Waals surface area contributed by atoms with Gasteiger partial charge in [0, 0.05) is 12.2 Å². The summed E-state index contributed by atoms with van der Waals surface area (Å²) in [7, 11) is 0. The number of hydrogen-bond donors (Lipinski definition) is 3. The summed E-state index contributed by atoms with van der Waals surface area (Å²) in [6, 6.07) is 7.10. The van der Waals surface area contributed by atoms with E-state index in [0.717, 1.165) is 12.0 Å². The van der Waals surface area contributed by atoms with E-state index >= 15 is 0 Å². The zero-order valence-electron chi connectivity index (χ0n) is 15.4. The molecule has 1 aromatic carbocycles. The van der Waals surface area contributed by atoms with Crippen LogP contribution in [0.3, 0.4) is 0 Å². The Morgan fingerprint density at radius 2 is 2.04 bits per heavy atom. The first kappa shape index (κ1) is 20.4. The third-order valence-corrected chi connectivity index (χ3v) is 4.30. The second-order valence-electron chi connectivity index (χ2n) is 7.27. The maximum absolute atomic E-state index is 12.5. The molecule has 26 heavy (non-hydrogen) atoms. The number of carbonyl (C=O) groups excluding carboxylic acids is 2. The minimum Gasteiger partial charge on any atom is -0.390 e. The number of aryl methyl sites for hydroxylation is 1. The van der Waals surface area contributed by atoms with Gasteiger partial charge in [0.25, 0.3) is 5.91 Å². The summed E-state index contributed by atoms with van der Waals surface area (Å²) in [6.45, 7) is 4.19. The molecular formula is C19H28N2O5. The number of rotatable bonds is 8. The maximum Gasteiger partial charge on any atom is 0.251 e. The summed E-state index contributed by atoms with van der Waals surface area (Å²) in [4.78, 5) is 23.4. The van der Waals surface area contributed by atoms with Crippen molar-refractivity contribution in [2.75, 3.05) is 19.8 Å². The van der Waals surface area contributed by atoms with Crippen molar-refractivity contribution >= 4 is 11.8 Å². The maximum atomic E-state index is 12.5. The number of nitrogens with one attached hydrogen (secondary N) is 1. The number of carbonyl (C=O) groups is 2. The largest absolute Gasteiger partial charge is 0.390 e. The van der Waals surface area contributed by atoms with E-state index in [2.05, 4.69) is 5.32 Å². The number of nitrogens with two attached hydrogens (primary N) is 1. The molecule has 2 atom stereocenters. The summed E-state index contributed by atoms with van der Waals surface area (Å²) in [5.41, 5.74) is 6.02. The third-order valence-electron chi connectivity index (χ3n) is 4.30. The lowest BCUT2D eigenvalue weighted by Gasteiger charge is -2.31. The van der Waals surface area contributed by atoms with Crippen LogP contribution >= 0.6 is 0 Å². The fourth-order valence-corrected chi connectivity index (χ4v) is 2.76. The van der Waals surface area contributed by atoms with Gasteiger partial charge in [0.1, 0.15) is 12.7 Å². The molecule has 1 fully saturated rings. The van der Waals surface area contributed by atoms with Crippen LogP contribution in [0.4, 0.5) is 0 Å². The molecule has 1 saturated heterocycles. The highest BCUT2D eigenvalue weighted by atomic mass is 16.5. The van der Waals surface area contributed by atoms with Crippen LogP contribution in [0.2, 0.25) is 0 Å². The van der Waals surface area contributed by atoms with E-state index in [-0.39, 0.29) is 18.6 Å². The lowest BCUT2D eigenvalue weighted by atomic mass is 9.98. The van der Waals surface area contributed by atoms with Crippen LogP contribution in [0.1, 0.15) is 42.6 Å². The van der Waals surface area contributed by atoms with Gasteiger partial charge < -0.3 is 25.6 Å². The predicted molar refractivity (Wildman–Crippen MR) is 96.7 cm³/mol. The van der Waals surface area contributed by atoms with Crippen molar-refractivity contribution in [3.05, 3.63) is 35.4 Å². The Morgan fingerprint density at radius 3 is 2.65 bits per heavy atom. The first-order valence-electron chi connectivity index (χ1n) is 8.84. The van der Waals surface area contributed by atoms with Gasteiger partial charge in [-0.05, 0) is 50.8 Å². The average molecular weight is 364 g/mol. The number of ether oxygens (including phenoxy) is 2. The molecule has 7 heteroatoms. The minimum absolute atomic E-state index is 0.196. The van der Waals surface area contributed by atoms with Crippen molar-refractivity contribution in [2.45, 2.75) is 50.9 Å². The van der Waals surface area contributed by atoms with E-state index < -0.39 is 17.6 Å². The summed E-state index contributed by atoms with van der Waals surface area (Å²) in [5.74, 6) is -0.749. The summed E-state index contributed by atoms with van der Waals surface area (Å²) < 4.78 is 10.8. The van der Waals surface area contributed by atoms with Gasteiger partial charge in [-0.15, -0.1) is 0 Å². The van der Waals surface area contributed by atoms with Gasteiger partial charge >= 0.3 is 0 Å². The van der Waals surface area contributed by atoms with E-state index in [1.54, 1.807) is 26.0 Å². The molecule has 4 N–H and O–H groups in total. The van der Waals surface area contributed by atoms with E-state index in [4.69, 9.17) is 15.2 Å². The van der Waals surface area contributed by atoms with Crippen molar-refractivity contribution in [3.63, 3.8) is 0 Å². The number of benzene rings is 1. The number of primary amides is 1. The Balaban J connectivity index is 1.92. The van der Waals surface area contributed by atoms with Crippen LogP contribution in [0, 0.1) is 0 Å². The highest BCUT2D eigenvalue weighted by Gasteiger charge is 2.28. The van der Waals surface area contributed by atoms with Crippen LogP contribution in [0.5, 0.6) is 0 Å². The standard InChI is InChI=1S/C19H28N2O5/c1-19(2,24)9-7-13-3-5-14(6-4-13)18(23)21-15-8-10-25-11-16(15)26-12-17(20)22/h3-6,15-16,24H,7-12H2,1-2H3,(H2,20,22)(H,21,23)/t15-,16-/m1/s1. The molecule has 2 amide bonds. The van der Waals surface area contributed by atoms with Crippen molar-refractivity contribution in [1.82, 2.24) is 5.32 Å². The van der Waals surface area contributed by atoms with Crippen LogP contribution < -0.4 is 11.1 Å². The molecular weight excluding hydrogens is 336 g/mol. The second-order valence-corrected chi connectivity index (χ2v) is 7.27. The predicted octanol–water partition coefficient (Wildman–Crippen LogP) is 0.779. The molecule has 0 aromatic heterocycles. The topological polar surface area (TPSA) is 111 Å². The van der Waals surface area contributed by atoms with Crippen LogP contribution in [0.15, 0.2) is 24.3 Å². The molecule has 1 aromatic rings. The fourth-order valence-electron chi connectivity index (χ4n) is 2.76. The van der Waals surface area contributed by atoms with E-state index in [9.17, 15) is 14.7 Å². The first-order valence-corrected chi connectivity index (χ1v) is 8.84. The third kappa shape index (κ3) is 6.74. The minimum atomic E-state index is -0.709. The van der Waals surface area contributed by atoms with Crippen LogP contribution in [-0.4, -0.2) is 54.5 Å². The molecule has 1 aliphatic rings. The molecule has 7 nitrogen and oxygen atoms in total. The molecule has 144 valence electrons. The van der Waals surface area contributed by atoms with Gasteiger partial charge in [0.15, 0.2) is 0 Å². The van der Waals surface area contributed by atoms with Crippen molar-refractivity contribution in [1.29, 1.82) is 0 Å². The molecule has 1 aliphatic heterocycles. The first-order chi connectivity index (χ1) is 12.2. The molecule has 0 radical (unpaired) electrons. The van der Waals surface area contributed by atoms with Crippen LogP contribution in [-0.2, 0) is 20.7 Å². The molecule has 1 heterocycles. The average Bonchev–Trinajstić information content (AvgIpc) is 2.59.